The third kappa shape index (κ3) is 8.13. The van der Waals surface area contributed by atoms with Crippen molar-refractivity contribution in [3.63, 3.8) is 0 Å². The van der Waals surface area contributed by atoms with E-state index in [0.717, 1.165) is 24.3 Å². The van der Waals surface area contributed by atoms with Crippen LogP contribution in [0.15, 0.2) is 78.9 Å². The maximum Gasteiger partial charge on any atom is 0.490 e. The third-order valence-electron chi connectivity index (χ3n) is 5.66. The number of ether oxygens (including phenoxy) is 1. The maximum absolute atomic E-state index is 12.4. The van der Waals surface area contributed by atoms with Gasteiger partial charge < -0.3 is 20.5 Å². The number of carboxylic acids is 1. The molecular weight excluding hydrogens is 473 g/mol. The van der Waals surface area contributed by atoms with Gasteiger partial charge in [0.15, 0.2) is 0 Å². The average molecular weight is 501 g/mol. The molecule has 9 heteroatoms. The lowest BCUT2D eigenvalue weighted by molar-refractivity contribution is -0.192. The van der Waals surface area contributed by atoms with E-state index in [-0.39, 0.29) is 5.91 Å². The number of carboxylic acid groups (broad SMARTS) is 1. The molecular formula is C27H27F3N2O4. The maximum atomic E-state index is 12.4. The molecule has 1 aliphatic rings. The fourth-order valence-corrected chi connectivity index (χ4v) is 3.54. The number of hydrogen-bond donors (Lipinski definition) is 3. The lowest BCUT2D eigenvalue weighted by Gasteiger charge is -2.08. The average Bonchev–Trinajstić information content (AvgIpc) is 3.66. The topological polar surface area (TPSA) is 87.7 Å². The van der Waals surface area contributed by atoms with E-state index in [9.17, 15) is 18.0 Å². The predicted molar refractivity (Wildman–Crippen MR) is 129 cm³/mol. The molecule has 0 bridgehead atoms. The Labute approximate surface area is 207 Å². The summed E-state index contributed by atoms with van der Waals surface area (Å²) in [4.78, 5) is 21.2. The molecule has 0 aliphatic heterocycles. The number of amides is 1. The number of nitrogens with one attached hydrogen (secondary N) is 2. The van der Waals surface area contributed by atoms with Crippen LogP contribution in [0.2, 0.25) is 0 Å². The summed E-state index contributed by atoms with van der Waals surface area (Å²) in [5, 5.41) is 13.7. The summed E-state index contributed by atoms with van der Waals surface area (Å²) in [5.74, 6) is -1.39. The van der Waals surface area contributed by atoms with Crippen LogP contribution in [0.3, 0.4) is 0 Å². The normalized spacial score (nSPS) is 16.3. The van der Waals surface area contributed by atoms with E-state index < -0.39 is 12.1 Å². The SMILES string of the molecule is COc1ccc(CN[C@@H]2C[C@H]2c2ccc(C(=O)NCc3ccccc3)cc2)cc1.O=C(O)C(F)(F)F. The second kappa shape index (κ2) is 12.2. The molecule has 190 valence electrons. The van der Waals surface area contributed by atoms with Gasteiger partial charge in [0.05, 0.1) is 7.11 Å². The molecule has 6 nitrogen and oxygen atoms in total. The van der Waals surface area contributed by atoms with Crippen molar-refractivity contribution in [1.29, 1.82) is 0 Å². The molecule has 4 rings (SSSR count). The smallest absolute Gasteiger partial charge is 0.490 e. The molecule has 1 aliphatic carbocycles. The molecule has 0 spiro atoms. The summed E-state index contributed by atoms with van der Waals surface area (Å²) < 4.78 is 36.9. The van der Waals surface area contributed by atoms with Gasteiger partial charge in [-0.3, -0.25) is 4.79 Å². The molecule has 1 amide bonds. The van der Waals surface area contributed by atoms with Crippen molar-refractivity contribution in [1.82, 2.24) is 10.6 Å². The van der Waals surface area contributed by atoms with Gasteiger partial charge in [0, 0.05) is 30.6 Å². The number of halogens is 3. The van der Waals surface area contributed by atoms with E-state index >= 15 is 0 Å². The largest absolute Gasteiger partial charge is 0.497 e. The molecule has 36 heavy (non-hydrogen) atoms. The molecule has 0 unspecified atom stereocenters. The highest BCUT2D eigenvalue weighted by Gasteiger charge is 2.38. The van der Waals surface area contributed by atoms with Gasteiger partial charge in [-0.05, 0) is 47.4 Å². The molecule has 3 aromatic carbocycles. The number of carbonyl (C=O) groups is 2. The lowest BCUT2D eigenvalue weighted by Crippen LogP contribution is -2.22. The zero-order valence-corrected chi connectivity index (χ0v) is 19.6. The minimum Gasteiger partial charge on any atom is -0.497 e. The highest BCUT2D eigenvalue weighted by molar-refractivity contribution is 5.94. The van der Waals surface area contributed by atoms with Crippen molar-refractivity contribution in [3.8, 4) is 5.75 Å². The van der Waals surface area contributed by atoms with Gasteiger partial charge in [-0.2, -0.15) is 13.2 Å². The number of alkyl halides is 3. The fourth-order valence-electron chi connectivity index (χ4n) is 3.54. The summed E-state index contributed by atoms with van der Waals surface area (Å²) in [5.41, 5.74) is 4.34. The Morgan fingerprint density at radius 3 is 2.06 bits per heavy atom. The number of carbonyl (C=O) groups excluding carboxylic acids is 1. The van der Waals surface area contributed by atoms with Crippen molar-refractivity contribution >= 4 is 11.9 Å². The predicted octanol–water partition coefficient (Wildman–Crippen LogP) is 4.90. The lowest BCUT2D eigenvalue weighted by atomic mass is 10.1. The Balaban J connectivity index is 0.000000454. The first-order chi connectivity index (χ1) is 17.2. The quantitative estimate of drug-likeness (QED) is 0.409. The van der Waals surface area contributed by atoms with Crippen molar-refractivity contribution in [2.75, 3.05) is 7.11 Å². The van der Waals surface area contributed by atoms with Gasteiger partial charge in [0.25, 0.3) is 5.91 Å². The summed E-state index contributed by atoms with van der Waals surface area (Å²) in [6.45, 7) is 1.40. The van der Waals surface area contributed by atoms with Crippen molar-refractivity contribution in [2.45, 2.75) is 37.6 Å². The molecule has 3 N–H and O–H groups in total. The molecule has 2 atom stereocenters. The van der Waals surface area contributed by atoms with Gasteiger partial charge in [-0.1, -0.05) is 54.6 Å². The van der Waals surface area contributed by atoms with Crippen molar-refractivity contribution in [3.05, 3.63) is 101 Å². The van der Waals surface area contributed by atoms with Crippen LogP contribution >= 0.6 is 0 Å². The molecule has 0 saturated heterocycles. The minimum absolute atomic E-state index is 0.0367. The highest BCUT2D eigenvalue weighted by atomic mass is 19.4. The van der Waals surface area contributed by atoms with Crippen LogP contribution in [0.4, 0.5) is 13.2 Å². The minimum atomic E-state index is -5.08. The van der Waals surface area contributed by atoms with Gasteiger partial charge in [-0.25, -0.2) is 4.79 Å². The first kappa shape index (κ1) is 26.7. The zero-order chi connectivity index (χ0) is 26.1. The van der Waals surface area contributed by atoms with Gasteiger partial charge in [0.1, 0.15) is 5.75 Å². The third-order valence-corrected chi connectivity index (χ3v) is 5.66. The van der Waals surface area contributed by atoms with E-state index in [1.807, 2.05) is 54.6 Å². The Kier molecular flexibility index (Phi) is 9.08. The van der Waals surface area contributed by atoms with Crippen LogP contribution in [-0.4, -0.2) is 36.3 Å². The Morgan fingerprint density at radius 1 is 0.917 bits per heavy atom. The number of benzene rings is 3. The van der Waals surface area contributed by atoms with E-state index in [1.165, 1.54) is 11.1 Å². The first-order valence-electron chi connectivity index (χ1n) is 11.3. The molecule has 0 heterocycles. The first-order valence-corrected chi connectivity index (χ1v) is 11.3. The zero-order valence-electron chi connectivity index (χ0n) is 19.6. The molecule has 0 radical (unpaired) electrons. The number of rotatable bonds is 8. The number of aliphatic carboxylic acids is 1. The summed E-state index contributed by atoms with van der Waals surface area (Å²) in [6.07, 6.45) is -3.95. The van der Waals surface area contributed by atoms with E-state index in [1.54, 1.807) is 7.11 Å². The Bertz CT molecular complexity index is 1130. The second-order valence-corrected chi connectivity index (χ2v) is 8.27. The number of methoxy groups -OCH3 is 1. The molecule has 1 saturated carbocycles. The van der Waals surface area contributed by atoms with Crippen LogP contribution in [0.5, 0.6) is 5.75 Å². The van der Waals surface area contributed by atoms with Crippen molar-refractivity contribution < 1.29 is 32.6 Å². The highest BCUT2D eigenvalue weighted by Crippen LogP contribution is 2.41. The van der Waals surface area contributed by atoms with Gasteiger partial charge in [-0.15, -0.1) is 0 Å². The van der Waals surface area contributed by atoms with E-state index in [0.29, 0.717) is 24.1 Å². The van der Waals surface area contributed by atoms with Crippen LogP contribution in [0, 0.1) is 0 Å². The molecule has 0 aromatic heterocycles. The van der Waals surface area contributed by atoms with Gasteiger partial charge >= 0.3 is 12.1 Å². The summed E-state index contributed by atoms with van der Waals surface area (Å²) >= 11 is 0. The Morgan fingerprint density at radius 2 is 1.50 bits per heavy atom. The van der Waals surface area contributed by atoms with Gasteiger partial charge in [0.2, 0.25) is 0 Å². The molecule has 1 fully saturated rings. The summed E-state index contributed by atoms with van der Waals surface area (Å²) in [6, 6.07) is 26.6. The van der Waals surface area contributed by atoms with Crippen LogP contribution in [-0.2, 0) is 17.9 Å². The van der Waals surface area contributed by atoms with Crippen molar-refractivity contribution in [2.24, 2.45) is 0 Å². The van der Waals surface area contributed by atoms with Crippen LogP contribution in [0.25, 0.3) is 0 Å². The Hall–Kier alpha value is -3.85. The van der Waals surface area contributed by atoms with Crippen LogP contribution < -0.4 is 15.4 Å². The van der Waals surface area contributed by atoms with E-state index in [2.05, 4.69) is 34.9 Å². The molecule has 3 aromatic rings. The number of hydrogen-bond acceptors (Lipinski definition) is 4. The van der Waals surface area contributed by atoms with Crippen LogP contribution in [0.1, 0.15) is 39.4 Å². The fraction of sp³-hybridized carbons (Fsp3) is 0.259. The summed E-state index contributed by atoms with van der Waals surface area (Å²) in [7, 11) is 1.68. The van der Waals surface area contributed by atoms with E-state index in [4.69, 9.17) is 14.6 Å². The second-order valence-electron chi connectivity index (χ2n) is 8.27. The standard InChI is InChI=1S/C25H26N2O2.C2HF3O2/c1-29-22-13-7-19(8-14-22)16-26-24-15-23(24)20-9-11-21(12-10-20)25(28)27-17-18-5-3-2-4-6-18;3-2(4,5)1(6)7/h2-14,23-24,26H,15-17H2,1H3,(H,27,28);(H,6,7)/t23-,24+;/m0./s1. The monoisotopic (exact) mass is 500 g/mol.